The second-order valence-electron chi connectivity index (χ2n) is 6.23. The van der Waals surface area contributed by atoms with Gasteiger partial charge in [0.05, 0.1) is 11.5 Å². The molecule has 0 bridgehead atoms. The number of nitrogens with two attached hydrogens (primary N) is 1. The van der Waals surface area contributed by atoms with Crippen molar-refractivity contribution < 1.29 is 9.53 Å². The van der Waals surface area contributed by atoms with E-state index >= 15 is 0 Å². The normalized spacial score (nSPS) is 24.1. The summed E-state index contributed by atoms with van der Waals surface area (Å²) < 4.78 is 5.40. The molecule has 0 aromatic heterocycles. The van der Waals surface area contributed by atoms with Gasteiger partial charge in [-0.15, -0.1) is 0 Å². The molecule has 1 heterocycles. The summed E-state index contributed by atoms with van der Waals surface area (Å²) in [6, 6.07) is 8.32. The smallest absolute Gasteiger partial charge is 0.228 e. The Hall–Kier alpha value is -1.39. The van der Waals surface area contributed by atoms with Crippen molar-refractivity contribution in [3.05, 3.63) is 35.4 Å². The standard InChI is InChI=1S/C17H24N2O2/c18-12-17(8-10-21-11-9-17)19-16(20)15-7-3-5-13-4-1-2-6-14(13)15/h1-2,4,6,15H,3,5,7-12,18H2,(H,19,20). The summed E-state index contributed by atoms with van der Waals surface area (Å²) in [5, 5.41) is 3.25. The lowest BCUT2D eigenvalue weighted by molar-refractivity contribution is -0.126. The van der Waals surface area contributed by atoms with E-state index in [4.69, 9.17) is 10.5 Å². The average Bonchev–Trinajstić information content (AvgIpc) is 2.55. The summed E-state index contributed by atoms with van der Waals surface area (Å²) >= 11 is 0. The third-order valence-electron chi connectivity index (χ3n) is 4.91. The molecule has 2 aliphatic rings. The van der Waals surface area contributed by atoms with Gasteiger partial charge in [0.1, 0.15) is 0 Å². The fourth-order valence-electron chi connectivity index (χ4n) is 3.52. The number of fused-ring (bicyclic) bond motifs is 1. The van der Waals surface area contributed by atoms with E-state index in [1.54, 1.807) is 0 Å². The highest BCUT2D eigenvalue weighted by Gasteiger charge is 2.36. The molecular formula is C17H24N2O2. The van der Waals surface area contributed by atoms with Crippen LogP contribution in [0.25, 0.3) is 0 Å². The number of hydrogen-bond donors (Lipinski definition) is 2. The van der Waals surface area contributed by atoms with Crippen LogP contribution in [0.15, 0.2) is 24.3 Å². The summed E-state index contributed by atoms with van der Waals surface area (Å²) in [5.74, 6) is 0.107. The minimum absolute atomic E-state index is 0.0266. The van der Waals surface area contributed by atoms with Crippen molar-refractivity contribution >= 4 is 5.91 Å². The molecule has 1 amide bonds. The van der Waals surface area contributed by atoms with E-state index < -0.39 is 0 Å². The third kappa shape index (κ3) is 2.97. The zero-order valence-electron chi connectivity index (χ0n) is 12.4. The number of aryl methyl sites for hydroxylation is 1. The molecule has 4 heteroatoms. The fraction of sp³-hybridized carbons (Fsp3) is 0.588. The number of amides is 1. The van der Waals surface area contributed by atoms with Crippen LogP contribution in [0.5, 0.6) is 0 Å². The number of rotatable bonds is 3. The Labute approximate surface area is 126 Å². The first kappa shape index (κ1) is 14.5. The van der Waals surface area contributed by atoms with E-state index in [1.165, 1.54) is 11.1 Å². The van der Waals surface area contributed by atoms with E-state index in [1.807, 2.05) is 6.07 Å². The molecule has 1 saturated heterocycles. The Morgan fingerprint density at radius 2 is 2.10 bits per heavy atom. The van der Waals surface area contributed by atoms with Gasteiger partial charge in [-0.2, -0.15) is 0 Å². The van der Waals surface area contributed by atoms with E-state index in [0.717, 1.165) is 32.1 Å². The Bertz CT molecular complexity index is 509. The topological polar surface area (TPSA) is 64.3 Å². The lowest BCUT2D eigenvalue weighted by Crippen LogP contribution is -2.57. The molecule has 1 aromatic carbocycles. The maximum absolute atomic E-state index is 12.8. The van der Waals surface area contributed by atoms with E-state index in [9.17, 15) is 4.79 Å². The van der Waals surface area contributed by atoms with E-state index in [-0.39, 0.29) is 17.4 Å². The first-order valence-electron chi connectivity index (χ1n) is 7.92. The fourth-order valence-corrected chi connectivity index (χ4v) is 3.52. The monoisotopic (exact) mass is 288 g/mol. The van der Waals surface area contributed by atoms with Crippen LogP contribution < -0.4 is 11.1 Å². The third-order valence-corrected chi connectivity index (χ3v) is 4.91. The van der Waals surface area contributed by atoms with Crippen molar-refractivity contribution in [2.45, 2.75) is 43.6 Å². The average molecular weight is 288 g/mol. The van der Waals surface area contributed by atoms with Crippen LogP contribution in [-0.2, 0) is 16.0 Å². The molecule has 1 aliphatic carbocycles. The zero-order chi connectivity index (χ0) is 14.7. The van der Waals surface area contributed by atoms with Crippen LogP contribution in [0.1, 0.15) is 42.7 Å². The number of carbonyl (C=O) groups is 1. The van der Waals surface area contributed by atoms with Crippen molar-refractivity contribution in [3.63, 3.8) is 0 Å². The molecule has 1 aromatic rings. The van der Waals surface area contributed by atoms with Gasteiger partial charge in [-0.1, -0.05) is 24.3 Å². The molecular weight excluding hydrogens is 264 g/mol. The molecule has 21 heavy (non-hydrogen) atoms. The maximum atomic E-state index is 12.8. The van der Waals surface area contributed by atoms with Crippen molar-refractivity contribution in [1.82, 2.24) is 5.32 Å². The van der Waals surface area contributed by atoms with Gasteiger partial charge in [0.25, 0.3) is 0 Å². The van der Waals surface area contributed by atoms with Gasteiger partial charge in [-0.25, -0.2) is 0 Å². The van der Waals surface area contributed by atoms with Gasteiger partial charge in [-0.3, -0.25) is 4.79 Å². The minimum atomic E-state index is -0.276. The Morgan fingerprint density at radius 1 is 1.33 bits per heavy atom. The van der Waals surface area contributed by atoms with Crippen LogP contribution >= 0.6 is 0 Å². The number of carbonyl (C=O) groups excluding carboxylic acids is 1. The second-order valence-corrected chi connectivity index (χ2v) is 6.23. The van der Waals surface area contributed by atoms with E-state index in [2.05, 4.69) is 23.5 Å². The highest BCUT2D eigenvalue weighted by Crippen LogP contribution is 2.32. The van der Waals surface area contributed by atoms with Gasteiger partial charge in [0, 0.05) is 19.8 Å². The van der Waals surface area contributed by atoms with Crippen LogP contribution in [-0.4, -0.2) is 31.2 Å². The van der Waals surface area contributed by atoms with Crippen molar-refractivity contribution in [2.75, 3.05) is 19.8 Å². The lowest BCUT2D eigenvalue weighted by atomic mass is 9.81. The SMILES string of the molecule is NCC1(NC(=O)C2CCCc3ccccc32)CCOCC1. The highest BCUT2D eigenvalue weighted by atomic mass is 16.5. The first-order chi connectivity index (χ1) is 10.2. The Morgan fingerprint density at radius 3 is 2.86 bits per heavy atom. The number of nitrogens with one attached hydrogen (secondary N) is 1. The van der Waals surface area contributed by atoms with Crippen LogP contribution in [0.2, 0.25) is 0 Å². The molecule has 0 saturated carbocycles. The molecule has 4 nitrogen and oxygen atoms in total. The molecule has 1 atom stereocenters. The van der Waals surface area contributed by atoms with Crippen LogP contribution in [0.3, 0.4) is 0 Å². The molecule has 1 unspecified atom stereocenters. The summed E-state index contributed by atoms with van der Waals surface area (Å²) in [4.78, 5) is 12.8. The molecule has 0 spiro atoms. The highest BCUT2D eigenvalue weighted by molar-refractivity contribution is 5.85. The van der Waals surface area contributed by atoms with Gasteiger partial charge in [0.15, 0.2) is 0 Å². The quantitative estimate of drug-likeness (QED) is 0.890. The molecule has 1 aliphatic heterocycles. The molecule has 1 fully saturated rings. The van der Waals surface area contributed by atoms with Gasteiger partial charge in [-0.05, 0) is 43.2 Å². The van der Waals surface area contributed by atoms with Crippen molar-refractivity contribution in [3.8, 4) is 0 Å². The summed E-state index contributed by atoms with van der Waals surface area (Å²) in [7, 11) is 0. The minimum Gasteiger partial charge on any atom is -0.381 e. The van der Waals surface area contributed by atoms with Gasteiger partial charge in [0.2, 0.25) is 5.91 Å². The molecule has 0 radical (unpaired) electrons. The van der Waals surface area contributed by atoms with Gasteiger partial charge >= 0.3 is 0 Å². The first-order valence-corrected chi connectivity index (χ1v) is 7.92. The van der Waals surface area contributed by atoms with Crippen molar-refractivity contribution in [2.24, 2.45) is 5.73 Å². The summed E-state index contributed by atoms with van der Waals surface area (Å²) in [6.45, 7) is 1.84. The molecule has 3 N–H and O–H groups in total. The van der Waals surface area contributed by atoms with Crippen LogP contribution in [0, 0.1) is 0 Å². The van der Waals surface area contributed by atoms with E-state index in [0.29, 0.717) is 19.8 Å². The Kier molecular flexibility index (Phi) is 4.27. The number of hydrogen-bond acceptors (Lipinski definition) is 3. The predicted molar refractivity (Wildman–Crippen MR) is 82.1 cm³/mol. The Balaban J connectivity index is 1.77. The second kappa shape index (κ2) is 6.16. The lowest BCUT2D eigenvalue weighted by Gasteiger charge is -2.38. The number of benzene rings is 1. The summed E-state index contributed by atoms with van der Waals surface area (Å²) in [6.07, 6.45) is 4.71. The molecule has 114 valence electrons. The predicted octanol–water partition coefficient (Wildman–Crippen LogP) is 1.73. The number of ether oxygens (including phenoxy) is 1. The summed E-state index contributed by atoms with van der Waals surface area (Å²) in [5.41, 5.74) is 8.18. The maximum Gasteiger partial charge on any atom is 0.228 e. The molecule has 3 rings (SSSR count). The largest absolute Gasteiger partial charge is 0.381 e. The van der Waals surface area contributed by atoms with Crippen molar-refractivity contribution in [1.29, 1.82) is 0 Å². The van der Waals surface area contributed by atoms with Gasteiger partial charge < -0.3 is 15.8 Å². The zero-order valence-corrected chi connectivity index (χ0v) is 12.4. The van der Waals surface area contributed by atoms with Crippen LogP contribution in [0.4, 0.5) is 0 Å².